The Balaban J connectivity index is 2.85. The molecule has 0 fully saturated rings. The Morgan fingerprint density at radius 1 is 1.89 bits per heavy atom. The molecule has 1 heterocycles. The van der Waals surface area contributed by atoms with Crippen LogP contribution in [0.5, 0.6) is 0 Å². The average molecular weight is 127 g/mol. The summed E-state index contributed by atoms with van der Waals surface area (Å²) >= 11 is 0. The van der Waals surface area contributed by atoms with Gasteiger partial charge in [0, 0.05) is 12.3 Å². The van der Waals surface area contributed by atoms with E-state index in [0.29, 0.717) is 5.82 Å². The first-order valence-electron chi connectivity index (χ1n) is 2.52. The van der Waals surface area contributed by atoms with Crippen molar-refractivity contribution in [2.75, 3.05) is 0 Å². The van der Waals surface area contributed by atoms with E-state index in [4.69, 9.17) is 0 Å². The first kappa shape index (κ1) is 5.94. The van der Waals surface area contributed by atoms with Gasteiger partial charge in [-0.2, -0.15) is 9.49 Å². The lowest BCUT2D eigenvalue weighted by molar-refractivity contribution is 0.579. The number of nitrogens with zero attached hydrogens (tertiary/aromatic N) is 2. The topological polar surface area (TPSA) is 41.0 Å². The van der Waals surface area contributed by atoms with Gasteiger partial charge in [-0.25, -0.2) is 4.99 Å². The maximum atomic E-state index is 12.1. The normalized spacial score (nSPS) is 10.9. The Bertz CT molecular complexity index is 216. The number of nitrogens with one attached hydrogen (secondary N) is 1. The van der Waals surface area contributed by atoms with E-state index in [0.717, 1.165) is 0 Å². The van der Waals surface area contributed by atoms with Crippen LogP contribution in [0.4, 0.5) is 10.2 Å². The lowest BCUT2D eigenvalue weighted by atomic mass is 10.6. The fourth-order valence-corrected chi connectivity index (χ4v) is 0.487. The van der Waals surface area contributed by atoms with E-state index in [1.807, 2.05) is 0 Å². The number of rotatable bonds is 1. The SMILES string of the molecule is CC=Nc1cc(F)[nH]n1. The van der Waals surface area contributed by atoms with Gasteiger partial charge in [-0.3, -0.25) is 5.10 Å². The van der Waals surface area contributed by atoms with Crippen molar-refractivity contribution >= 4 is 12.0 Å². The molecule has 0 amide bonds. The van der Waals surface area contributed by atoms with Crippen LogP contribution in [0.3, 0.4) is 0 Å². The summed E-state index contributed by atoms with van der Waals surface area (Å²) in [6.45, 7) is 1.74. The van der Waals surface area contributed by atoms with Gasteiger partial charge in [-0.15, -0.1) is 0 Å². The van der Waals surface area contributed by atoms with Crippen molar-refractivity contribution < 1.29 is 4.39 Å². The third kappa shape index (κ3) is 1.35. The Morgan fingerprint density at radius 3 is 3.11 bits per heavy atom. The van der Waals surface area contributed by atoms with Gasteiger partial charge in [-0.05, 0) is 6.92 Å². The van der Waals surface area contributed by atoms with E-state index < -0.39 is 5.95 Å². The fourth-order valence-electron chi connectivity index (χ4n) is 0.487. The minimum absolute atomic E-state index is 0.370. The zero-order valence-corrected chi connectivity index (χ0v) is 4.93. The van der Waals surface area contributed by atoms with Crippen LogP contribution in [0.15, 0.2) is 11.1 Å². The molecule has 3 nitrogen and oxygen atoms in total. The molecule has 1 aromatic rings. The maximum absolute atomic E-state index is 12.1. The molecule has 48 valence electrons. The molecule has 0 aliphatic carbocycles. The number of hydrogen-bond donors (Lipinski definition) is 1. The second kappa shape index (κ2) is 2.39. The van der Waals surface area contributed by atoms with Crippen molar-refractivity contribution in [2.45, 2.75) is 6.92 Å². The molecule has 0 radical (unpaired) electrons. The van der Waals surface area contributed by atoms with Gasteiger partial charge >= 0.3 is 0 Å². The number of halogens is 1. The summed E-state index contributed by atoms with van der Waals surface area (Å²) in [6, 6.07) is 1.22. The Morgan fingerprint density at radius 2 is 2.67 bits per heavy atom. The minimum Gasteiger partial charge on any atom is -0.251 e. The fraction of sp³-hybridized carbons (Fsp3) is 0.200. The van der Waals surface area contributed by atoms with Gasteiger partial charge in [0.2, 0.25) is 5.95 Å². The molecule has 0 saturated carbocycles. The minimum atomic E-state index is -0.462. The maximum Gasteiger partial charge on any atom is 0.211 e. The third-order valence-electron chi connectivity index (χ3n) is 0.794. The summed E-state index contributed by atoms with van der Waals surface area (Å²) in [6.07, 6.45) is 1.55. The molecule has 0 unspecified atom stereocenters. The summed E-state index contributed by atoms with van der Waals surface area (Å²) < 4.78 is 12.1. The molecule has 9 heavy (non-hydrogen) atoms. The third-order valence-corrected chi connectivity index (χ3v) is 0.794. The summed E-state index contributed by atoms with van der Waals surface area (Å²) in [5, 5.41) is 5.63. The van der Waals surface area contributed by atoms with Crippen LogP contribution in [0.1, 0.15) is 6.92 Å². The highest BCUT2D eigenvalue weighted by molar-refractivity contribution is 5.58. The van der Waals surface area contributed by atoms with Gasteiger partial charge in [0.25, 0.3) is 0 Å². The van der Waals surface area contributed by atoms with Crippen molar-refractivity contribution in [2.24, 2.45) is 4.99 Å². The number of aromatic nitrogens is 2. The molecule has 0 aliphatic heterocycles. The van der Waals surface area contributed by atoms with Crippen LogP contribution in [-0.4, -0.2) is 16.4 Å². The first-order chi connectivity index (χ1) is 4.33. The largest absolute Gasteiger partial charge is 0.251 e. The Hall–Kier alpha value is -1.19. The van der Waals surface area contributed by atoms with Gasteiger partial charge < -0.3 is 0 Å². The van der Waals surface area contributed by atoms with Crippen LogP contribution >= 0.6 is 0 Å². The Labute approximate surface area is 51.6 Å². The number of hydrogen-bond acceptors (Lipinski definition) is 2. The highest BCUT2D eigenvalue weighted by atomic mass is 19.1. The average Bonchev–Trinajstić information content (AvgIpc) is 2.17. The summed E-state index contributed by atoms with van der Waals surface area (Å²) in [4.78, 5) is 3.72. The molecular formula is C5H6FN3. The van der Waals surface area contributed by atoms with Crippen molar-refractivity contribution in [3.05, 3.63) is 12.0 Å². The number of aromatic amines is 1. The van der Waals surface area contributed by atoms with Gasteiger partial charge in [0.1, 0.15) is 0 Å². The van der Waals surface area contributed by atoms with E-state index >= 15 is 0 Å². The molecule has 0 spiro atoms. The van der Waals surface area contributed by atoms with E-state index in [1.165, 1.54) is 6.07 Å². The van der Waals surface area contributed by atoms with E-state index in [2.05, 4.69) is 15.2 Å². The van der Waals surface area contributed by atoms with E-state index in [-0.39, 0.29) is 0 Å². The summed E-state index contributed by atoms with van der Waals surface area (Å²) in [5.41, 5.74) is 0. The molecule has 0 bridgehead atoms. The van der Waals surface area contributed by atoms with Crippen molar-refractivity contribution in [3.8, 4) is 0 Å². The summed E-state index contributed by atoms with van der Waals surface area (Å²) in [7, 11) is 0. The van der Waals surface area contributed by atoms with Crippen LogP contribution < -0.4 is 0 Å². The molecule has 4 heteroatoms. The lowest BCUT2D eigenvalue weighted by Crippen LogP contribution is -1.67. The van der Waals surface area contributed by atoms with E-state index in [1.54, 1.807) is 13.1 Å². The van der Waals surface area contributed by atoms with Crippen molar-refractivity contribution in [1.82, 2.24) is 10.2 Å². The molecule has 1 rings (SSSR count). The van der Waals surface area contributed by atoms with Crippen LogP contribution in [0, 0.1) is 5.95 Å². The predicted octanol–water partition coefficient (Wildman–Crippen LogP) is 1.27. The molecule has 0 saturated heterocycles. The van der Waals surface area contributed by atoms with Gasteiger partial charge in [0.15, 0.2) is 5.82 Å². The monoisotopic (exact) mass is 127 g/mol. The standard InChI is InChI=1S/C5H6FN3/c1-2-7-5-3-4(6)8-9-5/h2-3H,1H3,(H,8,9). The quantitative estimate of drug-likeness (QED) is 0.567. The van der Waals surface area contributed by atoms with Crippen LogP contribution in [0.25, 0.3) is 0 Å². The molecule has 0 aromatic carbocycles. The second-order valence-electron chi connectivity index (χ2n) is 1.46. The van der Waals surface area contributed by atoms with Crippen molar-refractivity contribution in [1.29, 1.82) is 0 Å². The van der Waals surface area contributed by atoms with E-state index in [9.17, 15) is 4.39 Å². The Kier molecular flexibility index (Phi) is 1.58. The van der Waals surface area contributed by atoms with Crippen LogP contribution in [0.2, 0.25) is 0 Å². The van der Waals surface area contributed by atoms with Gasteiger partial charge in [-0.1, -0.05) is 0 Å². The molecule has 0 atom stereocenters. The first-order valence-corrected chi connectivity index (χ1v) is 2.52. The number of H-pyrrole nitrogens is 1. The lowest BCUT2D eigenvalue weighted by Gasteiger charge is -1.74. The van der Waals surface area contributed by atoms with Gasteiger partial charge in [0.05, 0.1) is 0 Å². The number of aliphatic imine (C=N–C) groups is 1. The highest BCUT2D eigenvalue weighted by Gasteiger charge is 1.93. The van der Waals surface area contributed by atoms with Crippen molar-refractivity contribution in [3.63, 3.8) is 0 Å². The smallest absolute Gasteiger partial charge is 0.211 e. The molecule has 1 aromatic heterocycles. The zero-order valence-electron chi connectivity index (χ0n) is 4.93. The predicted molar refractivity (Wildman–Crippen MR) is 32.4 cm³/mol. The second-order valence-corrected chi connectivity index (χ2v) is 1.46. The highest BCUT2D eigenvalue weighted by Crippen LogP contribution is 2.05. The van der Waals surface area contributed by atoms with Crippen LogP contribution in [-0.2, 0) is 0 Å². The summed E-state index contributed by atoms with van der Waals surface area (Å²) in [5.74, 6) is -0.0920. The molecular weight excluding hydrogens is 121 g/mol. The molecule has 0 aliphatic rings. The zero-order chi connectivity index (χ0) is 6.69. The molecule has 1 N–H and O–H groups in total.